The molecule has 20 heavy (non-hydrogen) atoms. The Kier molecular flexibility index (Phi) is 3.74. The number of carbonyl (C=O) groups is 1. The Labute approximate surface area is 120 Å². The van der Waals surface area contributed by atoms with Crippen molar-refractivity contribution in [3.63, 3.8) is 0 Å². The van der Waals surface area contributed by atoms with E-state index in [1.807, 2.05) is 17.0 Å². The molecule has 108 valence electrons. The third-order valence-electron chi connectivity index (χ3n) is 4.72. The zero-order chi connectivity index (χ0) is 14.1. The summed E-state index contributed by atoms with van der Waals surface area (Å²) in [5.74, 6) is 1.13. The van der Waals surface area contributed by atoms with Crippen LogP contribution in [0.4, 0.5) is 0 Å². The van der Waals surface area contributed by atoms with Gasteiger partial charge in [-0.2, -0.15) is 0 Å². The largest absolute Gasteiger partial charge is 0.338 e. The first kappa shape index (κ1) is 13.6. The van der Waals surface area contributed by atoms with Gasteiger partial charge in [0, 0.05) is 44.6 Å². The summed E-state index contributed by atoms with van der Waals surface area (Å²) in [6.45, 7) is 8.10. The molecule has 0 aliphatic carbocycles. The summed E-state index contributed by atoms with van der Waals surface area (Å²) in [6, 6.07) is 4.53. The average molecular weight is 273 g/mol. The maximum absolute atomic E-state index is 12.7. The van der Waals surface area contributed by atoms with Crippen LogP contribution in [0, 0.1) is 11.8 Å². The van der Waals surface area contributed by atoms with Gasteiger partial charge in [0.2, 0.25) is 5.91 Å². The smallest absolute Gasteiger partial charge is 0.227 e. The van der Waals surface area contributed by atoms with E-state index in [9.17, 15) is 4.79 Å². The van der Waals surface area contributed by atoms with Crippen LogP contribution in [-0.4, -0.2) is 46.4 Å². The van der Waals surface area contributed by atoms with Crippen LogP contribution in [0.2, 0.25) is 0 Å². The van der Waals surface area contributed by atoms with Gasteiger partial charge in [-0.1, -0.05) is 0 Å². The predicted octanol–water partition coefficient (Wildman–Crippen LogP) is 1.77. The number of carbonyl (C=O) groups excluding carboxylic acids is 1. The van der Waals surface area contributed by atoms with Crippen LogP contribution < -0.4 is 0 Å². The Balaban J connectivity index is 1.67. The van der Waals surface area contributed by atoms with Gasteiger partial charge in [0.25, 0.3) is 0 Å². The number of likely N-dealkylation sites (tertiary alicyclic amines) is 2. The van der Waals surface area contributed by atoms with Crippen LogP contribution in [0.5, 0.6) is 0 Å². The van der Waals surface area contributed by atoms with Crippen LogP contribution in [0.15, 0.2) is 24.5 Å². The Hall–Kier alpha value is -1.42. The van der Waals surface area contributed by atoms with E-state index in [1.165, 1.54) is 5.56 Å². The van der Waals surface area contributed by atoms with Gasteiger partial charge >= 0.3 is 0 Å². The summed E-state index contributed by atoms with van der Waals surface area (Å²) in [5, 5.41) is 0. The molecule has 3 rings (SSSR count). The minimum atomic E-state index is 0.216. The lowest BCUT2D eigenvalue weighted by molar-refractivity contribution is -0.140. The van der Waals surface area contributed by atoms with E-state index in [1.54, 1.807) is 12.4 Å². The van der Waals surface area contributed by atoms with E-state index in [-0.39, 0.29) is 5.92 Å². The highest BCUT2D eigenvalue weighted by molar-refractivity contribution is 5.80. The van der Waals surface area contributed by atoms with Crippen LogP contribution in [0.1, 0.15) is 25.8 Å². The van der Waals surface area contributed by atoms with E-state index >= 15 is 0 Å². The Morgan fingerprint density at radius 1 is 1.30 bits per heavy atom. The Bertz CT molecular complexity index is 474. The summed E-state index contributed by atoms with van der Waals surface area (Å²) < 4.78 is 0. The maximum Gasteiger partial charge on any atom is 0.227 e. The molecule has 1 amide bonds. The quantitative estimate of drug-likeness (QED) is 0.842. The normalized spacial score (nSPS) is 27.1. The lowest BCUT2D eigenvalue weighted by atomic mass is 9.88. The summed E-state index contributed by atoms with van der Waals surface area (Å²) >= 11 is 0. The third-order valence-corrected chi connectivity index (χ3v) is 4.72. The number of amides is 1. The second-order valence-electron chi connectivity index (χ2n) is 6.32. The SMILES string of the molecule is CC(C)N1CC2CCN(Cc3ccncc3)C(=O)C2C1. The van der Waals surface area contributed by atoms with Gasteiger partial charge in [0.05, 0.1) is 5.92 Å². The van der Waals surface area contributed by atoms with Crippen molar-refractivity contribution in [3.8, 4) is 0 Å². The fraction of sp³-hybridized carbons (Fsp3) is 0.625. The van der Waals surface area contributed by atoms with Gasteiger partial charge in [0.1, 0.15) is 0 Å². The monoisotopic (exact) mass is 273 g/mol. The summed E-state index contributed by atoms with van der Waals surface area (Å²) in [4.78, 5) is 21.2. The van der Waals surface area contributed by atoms with Crippen molar-refractivity contribution in [1.82, 2.24) is 14.8 Å². The molecule has 2 unspecified atom stereocenters. The highest BCUT2D eigenvalue weighted by atomic mass is 16.2. The lowest BCUT2D eigenvalue weighted by Gasteiger charge is -2.34. The highest BCUT2D eigenvalue weighted by Gasteiger charge is 2.43. The van der Waals surface area contributed by atoms with Crippen LogP contribution in [-0.2, 0) is 11.3 Å². The predicted molar refractivity (Wildman–Crippen MR) is 78.0 cm³/mol. The molecule has 2 atom stereocenters. The van der Waals surface area contributed by atoms with Crippen LogP contribution in [0.25, 0.3) is 0 Å². The van der Waals surface area contributed by atoms with Gasteiger partial charge in [0.15, 0.2) is 0 Å². The van der Waals surface area contributed by atoms with Crippen LogP contribution >= 0.6 is 0 Å². The molecule has 3 heterocycles. The molecule has 0 bridgehead atoms. The minimum absolute atomic E-state index is 0.216. The molecule has 2 aliphatic rings. The average Bonchev–Trinajstić information content (AvgIpc) is 2.88. The van der Waals surface area contributed by atoms with E-state index in [4.69, 9.17) is 0 Å². The Morgan fingerprint density at radius 3 is 2.75 bits per heavy atom. The van der Waals surface area contributed by atoms with Crippen molar-refractivity contribution in [1.29, 1.82) is 0 Å². The van der Waals surface area contributed by atoms with Crippen molar-refractivity contribution < 1.29 is 4.79 Å². The van der Waals surface area contributed by atoms with Crippen molar-refractivity contribution in [2.75, 3.05) is 19.6 Å². The fourth-order valence-corrected chi connectivity index (χ4v) is 3.43. The van der Waals surface area contributed by atoms with Crippen molar-refractivity contribution in [3.05, 3.63) is 30.1 Å². The highest BCUT2D eigenvalue weighted by Crippen LogP contribution is 2.33. The number of aromatic nitrogens is 1. The zero-order valence-electron chi connectivity index (χ0n) is 12.3. The molecule has 0 N–H and O–H groups in total. The number of piperidine rings is 1. The molecule has 0 saturated carbocycles. The molecule has 4 heteroatoms. The molecule has 0 aromatic carbocycles. The number of fused-ring (bicyclic) bond motifs is 1. The zero-order valence-corrected chi connectivity index (χ0v) is 12.3. The summed E-state index contributed by atoms with van der Waals surface area (Å²) in [6.07, 6.45) is 4.73. The van der Waals surface area contributed by atoms with E-state index in [0.717, 1.165) is 32.6 Å². The number of hydrogen-bond donors (Lipinski definition) is 0. The molecule has 1 aromatic heterocycles. The van der Waals surface area contributed by atoms with Gasteiger partial charge in [-0.05, 0) is 43.9 Å². The molecule has 4 nitrogen and oxygen atoms in total. The fourth-order valence-electron chi connectivity index (χ4n) is 3.43. The standard InChI is InChI=1S/C16H23N3O/c1-12(2)19-10-14-5-8-18(16(20)15(14)11-19)9-13-3-6-17-7-4-13/h3-4,6-7,12,14-15H,5,8-11H2,1-2H3. The van der Waals surface area contributed by atoms with Gasteiger partial charge in [-0.25, -0.2) is 0 Å². The number of pyridine rings is 1. The second-order valence-corrected chi connectivity index (χ2v) is 6.32. The molecule has 2 aliphatic heterocycles. The van der Waals surface area contributed by atoms with Crippen molar-refractivity contribution in [2.24, 2.45) is 11.8 Å². The van der Waals surface area contributed by atoms with Crippen LogP contribution in [0.3, 0.4) is 0 Å². The maximum atomic E-state index is 12.7. The molecule has 2 fully saturated rings. The molecular formula is C16H23N3O. The molecule has 0 spiro atoms. The van der Waals surface area contributed by atoms with E-state index in [2.05, 4.69) is 23.7 Å². The van der Waals surface area contributed by atoms with Crippen molar-refractivity contribution >= 4 is 5.91 Å². The van der Waals surface area contributed by atoms with Crippen molar-refractivity contribution in [2.45, 2.75) is 32.9 Å². The van der Waals surface area contributed by atoms with E-state index < -0.39 is 0 Å². The first-order chi connectivity index (χ1) is 9.65. The summed E-state index contributed by atoms with van der Waals surface area (Å²) in [7, 11) is 0. The van der Waals surface area contributed by atoms with Gasteiger partial charge in [-0.15, -0.1) is 0 Å². The molecular weight excluding hydrogens is 250 g/mol. The topological polar surface area (TPSA) is 36.4 Å². The Morgan fingerprint density at radius 2 is 2.05 bits per heavy atom. The minimum Gasteiger partial charge on any atom is -0.338 e. The molecule has 0 radical (unpaired) electrons. The van der Waals surface area contributed by atoms with E-state index in [0.29, 0.717) is 17.9 Å². The lowest BCUT2D eigenvalue weighted by Crippen LogP contribution is -2.44. The number of rotatable bonds is 3. The van der Waals surface area contributed by atoms with Gasteiger partial charge in [-0.3, -0.25) is 14.7 Å². The third kappa shape index (κ3) is 2.57. The van der Waals surface area contributed by atoms with Gasteiger partial charge < -0.3 is 4.90 Å². The number of hydrogen-bond acceptors (Lipinski definition) is 3. The first-order valence-corrected chi connectivity index (χ1v) is 7.57. The summed E-state index contributed by atoms with van der Waals surface area (Å²) in [5.41, 5.74) is 1.17. The second kappa shape index (κ2) is 5.52. The number of nitrogens with zero attached hydrogens (tertiary/aromatic N) is 3. The molecule has 1 aromatic rings. The molecule has 2 saturated heterocycles. The first-order valence-electron chi connectivity index (χ1n) is 7.57.